The lowest BCUT2D eigenvalue weighted by molar-refractivity contribution is 0.668. The van der Waals surface area contributed by atoms with E-state index in [0.29, 0.717) is 11.7 Å². The van der Waals surface area contributed by atoms with Gasteiger partial charge >= 0.3 is 0 Å². The molecule has 0 amide bonds. The molecule has 0 bridgehead atoms. The molecular formula is C12H20N4S. The van der Waals surface area contributed by atoms with Gasteiger partial charge in [0, 0.05) is 19.3 Å². The number of nitrogen functional groups attached to an aromatic ring is 1. The van der Waals surface area contributed by atoms with Gasteiger partial charge in [-0.1, -0.05) is 0 Å². The maximum absolute atomic E-state index is 7.53. The van der Waals surface area contributed by atoms with Crippen LogP contribution >= 0.6 is 11.8 Å². The minimum atomic E-state index is 0.0181. The molecule has 1 aromatic rings. The molecule has 4 nitrogen and oxygen atoms in total. The summed E-state index contributed by atoms with van der Waals surface area (Å²) in [5.74, 6) is 1.14. The number of rotatable bonds is 6. The summed E-state index contributed by atoms with van der Waals surface area (Å²) < 4.78 is 0. The number of hydrogen-bond donors (Lipinski definition) is 2. The summed E-state index contributed by atoms with van der Waals surface area (Å²) in [6.45, 7) is 2.17. The van der Waals surface area contributed by atoms with Gasteiger partial charge in [-0.15, -0.1) is 0 Å². The molecule has 3 N–H and O–H groups in total. The summed E-state index contributed by atoms with van der Waals surface area (Å²) in [6.07, 6.45) is 4.88. The average Bonchev–Trinajstić information content (AvgIpc) is 2.34. The van der Waals surface area contributed by atoms with Crippen LogP contribution in [0.4, 0.5) is 5.69 Å². The molecule has 0 radical (unpaired) electrons. The first-order chi connectivity index (χ1) is 8.07. The molecule has 0 saturated heterocycles. The van der Waals surface area contributed by atoms with Crippen LogP contribution in [0.2, 0.25) is 0 Å². The quantitative estimate of drug-likeness (QED) is 0.600. The zero-order chi connectivity index (χ0) is 12.8. The number of anilines is 1. The standard InChI is InChI=1S/C12H20N4S/c1-9(6-8-17-3)16(2)10-5-4-7-15-11(10)12(13)14/h4-5,7,9H,6,8H2,1-3H3,(H3,13,14). The number of thioether (sulfide) groups is 1. The van der Waals surface area contributed by atoms with Crippen molar-refractivity contribution in [1.29, 1.82) is 5.41 Å². The number of nitrogens with one attached hydrogen (secondary N) is 1. The van der Waals surface area contributed by atoms with E-state index in [1.54, 1.807) is 6.20 Å². The van der Waals surface area contributed by atoms with Gasteiger partial charge < -0.3 is 10.6 Å². The summed E-state index contributed by atoms with van der Waals surface area (Å²) in [4.78, 5) is 6.30. The van der Waals surface area contributed by atoms with Crippen molar-refractivity contribution in [2.75, 3.05) is 24.0 Å². The summed E-state index contributed by atoms with van der Waals surface area (Å²) in [5.41, 5.74) is 7.03. The van der Waals surface area contributed by atoms with Crippen molar-refractivity contribution in [2.24, 2.45) is 5.73 Å². The number of aromatic nitrogens is 1. The lowest BCUT2D eigenvalue weighted by Gasteiger charge is -2.28. The van der Waals surface area contributed by atoms with Gasteiger partial charge in [0.2, 0.25) is 0 Å². The van der Waals surface area contributed by atoms with Crippen molar-refractivity contribution in [3.63, 3.8) is 0 Å². The Hall–Kier alpha value is -1.23. The van der Waals surface area contributed by atoms with Gasteiger partial charge in [0.05, 0.1) is 5.69 Å². The fourth-order valence-corrected chi connectivity index (χ4v) is 2.19. The number of nitrogens with zero attached hydrogens (tertiary/aromatic N) is 2. The number of amidine groups is 1. The third kappa shape index (κ3) is 3.63. The molecule has 1 atom stereocenters. The molecule has 1 aromatic heterocycles. The van der Waals surface area contributed by atoms with Gasteiger partial charge in [-0.05, 0) is 37.5 Å². The predicted molar refractivity (Wildman–Crippen MR) is 76.1 cm³/mol. The van der Waals surface area contributed by atoms with E-state index in [4.69, 9.17) is 11.1 Å². The Bertz CT molecular complexity index is 381. The minimum absolute atomic E-state index is 0.0181. The number of pyridine rings is 1. The van der Waals surface area contributed by atoms with E-state index in [1.807, 2.05) is 30.9 Å². The molecule has 0 aliphatic heterocycles. The smallest absolute Gasteiger partial charge is 0.143 e. The Balaban J connectivity index is 2.87. The molecular weight excluding hydrogens is 232 g/mol. The van der Waals surface area contributed by atoms with E-state index in [0.717, 1.165) is 17.9 Å². The molecule has 0 fully saturated rings. The van der Waals surface area contributed by atoms with E-state index in [9.17, 15) is 0 Å². The fourth-order valence-electron chi connectivity index (χ4n) is 1.61. The van der Waals surface area contributed by atoms with Gasteiger partial charge in [0.1, 0.15) is 11.5 Å². The highest BCUT2D eigenvalue weighted by molar-refractivity contribution is 7.98. The van der Waals surface area contributed by atoms with Crippen molar-refractivity contribution in [3.05, 3.63) is 24.0 Å². The third-order valence-corrected chi connectivity index (χ3v) is 3.47. The second-order valence-electron chi connectivity index (χ2n) is 4.03. The minimum Gasteiger partial charge on any atom is -0.382 e. The number of hydrogen-bond acceptors (Lipinski definition) is 4. The van der Waals surface area contributed by atoms with Crippen LogP contribution in [0.15, 0.2) is 18.3 Å². The van der Waals surface area contributed by atoms with Crippen LogP contribution in [-0.4, -0.2) is 35.9 Å². The predicted octanol–water partition coefficient (Wildman–Crippen LogP) is 1.94. The Morgan fingerprint density at radius 2 is 2.35 bits per heavy atom. The van der Waals surface area contributed by atoms with Crippen molar-refractivity contribution >= 4 is 23.3 Å². The first kappa shape index (κ1) is 13.8. The van der Waals surface area contributed by atoms with E-state index in [1.165, 1.54) is 0 Å². The molecule has 0 saturated carbocycles. The van der Waals surface area contributed by atoms with Gasteiger partial charge in [-0.25, -0.2) is 0 Å². The molecule has 94 valence electrons. The Kier molecular flexibility index (Phi) is 5.28. The largest absolute Gasteiger partial charge is 0.382 e. The van der Waals surface area contributed by atoms with E-state index < -0.39 is 0 Å². The molecule has 1 unspecified atom stereocenters. The maximum atomic E-state index is 7.53. The molecule has 1 heterocycles. The molecule has 0 aliphatic rings. The third-order valence-electron chi connectivity index (χ3n) is 2.82. The van der Waals surface area contributed by atoms with Crippen LogP contribution in [0.5, 0.6) is 0 Å². The van der Waals surface area contributed by atoms with Gasteiger partial charge in [0.15, 0.2) is 0 Å². The van der Waals surface area contributed by atoms with E-state index >= 15 is 0 Å². The van der Waals surface area contributed by atoms with Crippen molar-refractivity contribution in [1.82, 2.24) is 4.98 Å². The SMILES string of the molecule is CSCCC(C)N(C)c1cccnc1C(=N)N. The van der Waals surface area contributed by atoms with E-state index in [-0.39, 0.29) is 5.84 Å². The van der Waals surface area contributed by atoms with E-state index in [2.05, 4.69) is 23.1 Å². The lowest BCUT2D eigenvalue weighted by Crippen LogP contribution is -2.31. The zero-order valence-corrected chi connectivity index (χ0v) is 11.4. The lowest BCUT2D eigenvalue weighted by atomic mass is 10.2. The van der Waals surface area contributed by atoms with Crippen LogP contribution in [0, 0.1) is 5.41 Å². The Labute approximate surface area is 107 Å². The fraction of sp³-hybridized carbons (Fsp3) is 0.500. The Morgan fingerprint density at radius 1 is 1.65 bits per heavy atom. The van der Waals surface area contributed by atoms with Crippen molar-refractivity contribution < 1.29 is 0 Å². The van der Waals surface area contributed by atoms with Crippen LogP contribution in [0.3, 0.4) is 0 Å². The van der Waals surface area contributed by atoms with Gasteiger partial charge in [0.25, 0.3) is 0 Å². The Morgan fingerprint density at radius 3 is 2.94 bits per heavy atom. The molecule has 0 aliphatic carbocycles. The number of nitrogens with two attached hydrogens (primary N) is 1. The zero-order valence-electron chi connectivity index (χ0n) is 10.6. The molecule has 0 aromatic carbocycles. The highest BCUT2D eigenvalue weighted by Gasteiger charge is 2.15. The van der Waals surface area contributed by atoms with Gasteiger partial charge in [-0.3, -0.25) is 10.4 Å². The van der Waals surface area contributed by atoms with Crippen LogP contribution in [0.1, 0.15) is 19.0 Å². The molecule has 5 heteroatoms. The maximum Gasteiger partial charge on any atom is 0.143 e. The highest BCUT2D eigenvalue weighted by atomic mass is 32.2. The molecule has 1 rings (SSSR count). The molecule has 17 heavy (non-hydrogen) atoms. The van der Waals surface area contributed by atoms with Crippen molar-refractivity contribution in [2.45, 2.75) is 19.4 Å². The van der Waals surface area contributed by atoms with Crippen LogP contribution < -0.4 is 10.6 Å². The highest BCUT2D eigenvalue weighted by Crippen LogP contribution is 2.20. The normalized spacial score (nSPS) is 12.2. The first-order valence-electron chi connectivity index (χ1n) is 5.59. The van der Waals surface area contributed by atoms with Crippen LogP contribution in [0.25, 0.3) is 0 Å². The summed E-state index contributed by atoms with van der Waals surface area (Å²) in [5, 5.41) is 7.53. The topological polar surface area (TPSA) is 66.0 Å². The first-order valence-corrected chi connectivity index (χ1v) is 6.98. The molecule has 0 spiro atoms. The summed E-state index contributed by atoms with van der Waals surface area (Å²) >= 11 is 1.84. The second kappa shape index (κ2) is 6.49. The van der Waals surface area contributed by atoms with Crippen LogP contribution in [-0.2, 0) is 0 Å². The summed E-state index contributed by atoms with van der Waals surface area (Å²) in [7, 11) is 2.02. The van der Waals surface area contributed by atoms with Crippen molar-refractivity contribution in [3.8, 4) is 0 Å². The average molecular weight is 252 g/mol. The second-order valence-corrected chi connectivity index (χ2v) is 5.01. The van der Waals surface area contributed by atoms with Gasteiger partial charge in [-0.2, -0.15) is 11.8 Å². The summed E-state index contributed by atoms with van der Waals surface area (Å²) in [6, 6.07) is 4.24. The monoisotopic (exact) mass is 252 g/mol.